The van der Waals surface area contributed by atoms with Crippen molar-refractivity contribution >= 4 is 6.21 Å². The molecule has 0 N–H and O–H groups in total. The third kappa shape index (κ3) is 2.84. The fourth-order valence-corrected chi connectivity index (χ4v) is 6.35. The lowest BCUT2D eigenvalue weighted by atomic mass is 9.68. The molecule has 3 aliphatic carbocycles. The fourth-order valence-electron chi connectivity index (χ4n) is 6.35. The first-order chi connectivity index (χ1) is 12.0. The van der Waals surface area contributed by atoms with E-state index in [9.17, 15) is 0 Å². The second-order valence-corrected chi connectivity index (χ2v) is 9.21. The van der Waals surface area contributed by atoms with E-state index in [0.29, 0.717) is 17.4 Å². The highest BCUT2D eigenvalue weighted by atomic mass is 16.6. The van der Waals surface area contributed by atoms with E-state index in [0.717, 1.165) is 23.3 Å². The number of nitrogens with zero attached hydrogens (tertiary/aromatic N) is 1. The molecule has 1 aromatic carbocycles. The first kappa shape index (κ1) is 16.9. The zero-order chi connectivity index (χ0) is 17.5. The van der Waals surface area contributed by atoms with E-state index in [1.807, 2.05) is 24.4 Å². The molecule has 2 nitrogen and oxygen atoms in total. The molecule has 4 rings (SSSR count). The summed E-state index contributed by atoms with van der Waals surface area (Å²) < 4.78 is 0. The first-order valence-electron chi connectivity index (χ1n) is 9.92. The predicted octanol–water partition coefficient (Wildman–Crippen LogP) is 5.99. The van der Waals surface area contributed by atoms with Gasteiger partial charge in [0, 0.05) is 0 Å². The Kier molecular flexibility index (Phi) is 4.25. The molecule has 3 saturated carbocycles. The van der Waals surface area contributed by atoms with Crippen LogP contribution in [0.4, 0.5) is 0 Å². The van der Waals surface area contributed by atoms with Crippen molar-refractivity contribution in [3.63, 3.8) is 0 Å². The van der Waals surface area contributed by atoms with Crippen molar-refractivity contribution in [1.82, 2.24) is 0 Å². The Bertz CT molecular complexity index is 675. The van der Waals surface area contributed by atoms with E-state index >= 15 is 0 Å². The number of oxime groups is 1. The lowest BCUT2D eigenvalue weighted by Gasteiger charge is -2.36. The normalized spacial score (nSPS) is 37.6. The molecule has 25 heavy (non-hydrogen) atoms. The summed E-state index contributed by atoms with van der Waals surface area (Å²) in [6.45, 7) is 8.08. The molecule has 4 atom stereocenters. The molecule has 3 fully saturated rings. The van der Waals surface area contributed by atoms with E-state index in [4.69, 9.17) is 4.84 Å². The van der Waals surface area contributed by atoms with Crippen molar-refractivity contribution in [3.05, 3.63) is 47.5 Å². The SMILES string of the molecule is CC1(C)CCC[C@]2(C)C(=C/C=N/OCc3ccccc3)[C@H]3CC[C@@H]2[C@@H]31. The van der Waals surface area contributed by atoms with Crippen LogP contribution in [-0.4, -0.2) is 6.21 Å². The van der Waals surface area contributed by atoms with Crippen molar-refractivity contribution < 1.29 is 4.84 Å². The monoisotopic (exact) mass is 337 g/mol. The molecule has 0 amide bonds. The van der Waals surface area contributed by atoms with Gasteiger partial charge in [0.05, 0.1) is 6.21 Å². The van der Waals surface area contributed by atoms with Crippen LogP contribution in [0.5, 0.6) is 0 Å². The smallest absolute Gasteiger partial charge is 0.142 e. The quantitative estimate of drug-likeness (QED) is 0.488. The molecule has 134 valence electrons. The molecule has 0 radical (unpaired) electrons. The van der Waals surface area contributed by atoms with Gasteiger partial charge in [-0.05, 0) is 65.9 Å². The van der Waals surface area contributed by atoms with Crippen LogP contribution in [0.15, 0.2) is 47.1 Å². The predicted molar refractivity (Wildman–Crippen MR) is 103 cm³/mol. The van der Waals surface area contributed by atoms with Crippen LogP contribution in [0.1, 0.15) is 58.4 Å². The summed E-state index contributed by atoms with van der Waals surface area (Å²) in [5, 5.41) is 4.22. The maximum atomic E-state index is 5.49. The first-order valence-corrected chi connectivity index (χ1v) is 9.92. The molecular weight excluding hydrogens is 306 g/mol. The van der Waals surface area contributed by atoms with Crippen LogP contribution in [0, 0.1) is 28.6 Å². The van der Waals surface area contributed by atoms with Gasteiger partial charge in [-0.3, -0.25) is 0 Å². The number of allylic oxidation sites excluding steroid dienone is 2. The second-order valence-electron chi connectivity index (χ2n) is 9.21. The van der Waals surface area contributed by atoms with Crippen LogP contribution in [0.25, 0.3) is 0 Å². The Morgan fingerprint density at radius 3 is 2.72 bits per heavy atom. The van der Waals surface area contributed by atoms with Crippen LogP contribution >= 0.6 is 0 Å². The average molecular weight is 338 g/mol. The van der Waals surface area contributed by atoms with Gasteiger partial charge >= 0.3 is 0 Å². The Balaban J connectivity index is 1.48. The third-order valence-corrected chi connectivity index (χ3v) is 7.42. The van der Waals surface area contributed by atoms with Crippen molar-refractivity contribution in [1.29, 1.82) is 0 Å². The molecule has 2 heteroatoms. The van der Waals surface area contributed by atoms with Gasteiger partial charge in [0.1, 0.15) is 6.61 Å². The maximum absolute atomic E-state index is 5.49. The summed E-state index contributed by atoms with van der Waals surface area (Å²) in [6.07, 6.45) is 11.1. The summed E-state index contributed by atoms with van der Waals surface area (Å²) >= 11 is 0. The summed E-state index contributed by atoms with van der Waals surface area (Å²) in [5.74, 6) is 2.51. The van der Waals surface area contributed by atoms with Gasteiger partial charge in [-0.15, -0.1) is 0 Å². The van der Waals surface area contributed by atoms with E-state index in [-0.39, 0.29) is 0 Å². The van der Waals surface area contributed by atoms with Gasteiger partial charge < -0.3 is 4.84 Å². The van der Waals surface area contributed by atoms with Gasteiger partial charge in [-0.2, -0.15) is 0 Å². The molecule has 0 saturated heterocycles. The number of hydrogen-bond donors (Lipinski definition) is 0. The third-order valence-electron chi connectivity index (χ3n) is 7.42. The van der Waals surface area contributed by atoms with Crippen molar-refractivity contribution in [2.45, 2.75) is 59.5 Å². The highest BCUT2D eigenvalue weighted by Crippen LogP contribution is 2.70. The largest absolute Gasteiger partial charge is 0.391 e. The Morgan fingerprint density at radius 1 is 1.12 bits per heavy atom. The molecule has 3 aliphatic rings. The van der Waals surface area contributed by atoms with Gasteiger partial charge in [-0.1, -0.05) is 68.3 Å². The molecular formula is C23H31NO. The van der Waals surface area contributed by atoms with Crippen molar-refractivity contribution in [2.24, 2.45) is 33.7 Å². The van der Waals surface area contributed by atoms with Crippen LogP contribution < -0.4 is 0 Å². The molecule has 0 aliphatic heterocycles. The van der Waals surface area contributed by atoms with Gasteiger partial charge in [0.2, 0.25) is 0 Å². The fraction of sp³-hybridized carbons (Fsp3) is 0.609. The van der Waals surface area contributed by atoms with Gasteiger partial charge in [0.25, 0.3) is 0 Å². The Labute approximate surface area is 152 Å². The summed E-state index contributed by atoms with van der Waals surface area (Å²) in [5.41, 5.74) is 3.70. The topological polar surface area (TPSA) is 21.6 Å². The lowest BCUT2D eigenvalue weighted by molar-refractivity contribution is 0.132. The van der Waals surface area contributed by atoms with E-state index < -0.39 is 0 Å². The highest BCUT2D eigenvalue weighted by molar-refractivity contribution is 5.72. The van der Waals surface area contributed by atoms with Gasteiger partial charge in [0.15, 0.2) is 0 Å². The summed E-state index contributed by atoms with van der Waals surface area (Å²) in [4.78, 5) is 5.49. The lowest BCUT2D eigenvalue weighted by Crippen LogP contribution is -2.28. The van der Waals surface area contributed by atoms with Crippen molar-refractivity contribution in [3.8, 4) is 0 Å². The van der Waals surface area contributed by atoms with Crippen molar-refractivity contribution in [2.75, 3.05) is 0 Å². The number of benzene rings is 1. The molecule has 0 unspecified atom stereocenters. The molecule has 0 aromatic heterocycles. The second kappa shape index (κ2) is 6.30. The maximum Gasteiger partial charge on any atom is 0.142 e. The van der Waals surface area contributed by atoms with Crippen LogP contribution in [0.2, 0.25) is 0 Å². The summed E-state index contributed by atoms with van der Waals surface area (Å²) in [7, 11) is 0. The Hall–Kier alpha value is -1.57. The highest BCUT2D eigenvalue weighted by Gasteiger charge is 2.62. The number of hydrogen-bond acceptors (Lipinski definition) is 2. The van der Waals surface area contributed by atoms with Crippen LogP contribution in [-0.2, 0) is 11.4 Å². The standard InChI is InChI=1S/C23H31NO/c1-22(2)13-7-14-23(3)19(18-10-11-20(23)21(18)22)12-15-24-25-16-17-8-5-4-6-9-17/h4-6,8-9,12,15,18,20-21H,7,10-11,13-14,16H2,1-3H3/b19-12?,24-15+/t18-,20-,21-,23-/m1/s1. The zero-order valence-electron chi connectivity index (χ0n) is 15.9. The Morgan fingerprint density at radius 2 is 1.92 bits per heavy atom. The minimum absolute atomic E-state index is 0.396. The van der Waals surface area contributed by atoms with E-state index in [1.54, 1.807) is 5.57 Å². The minimum Gasteiger partial charge on any atom is -0.391 e. The summed E-state index contributed by atoms with van der Waals surface area (Å²) in [6, 6.07) is 10.2. The molecule has 0 heterocycles. The van der Waals surface area contributed by atoms with Crippen LogP contribution in [0.3, 0.4) is 0 Å². The number of rotatable bonds is 4. The zero-order valence-corrected chi connectivity index (χ0v) is 15.9. The van der Waals surface area contributed by atoms with E-state index in [1.165, 1.54) is 32.1 Å². The van der Waals surface area contributed by atoms with E-state index in [2.05, 4.69) is 44.1 Å². The minimum atomic E-state index is 0.396. The van der Waals surface area contributed by atoms with Gasteiger partial charge in [-0.25, -0.2) is 0 Å². The molecule has 0 spiro atoms. The molecule has 1 aromatic rings. The molecule has 4 bridgehead atoms. The average Bonchev–Trinajstić information content (AvgIpc) is 3.09.